The molecule has 0 spiro atoms. The van der Waals surface area contributed by atoms with E-state index in [2.05, 4.69) is 15.3 Å². The zero-order chi connectivity index (χ0) is 14.7. The summed E-state index contributed by atoms with van der Waals surface area (Å²) in [5.41, 5.74) is 0.753. The van der Waals surface area contributed by atoms with E-state index in [1.807, 2.05) is 13.8 Å². The third-order valence-corrected chi connectivity index (χ3v) is 3.42. The predicted octanol–water partition coefficient (Wildman–Crippen LogP) is 2.71. The van der Waals surface area contributed by atoms with Crippen molar-refractivity contribution in [3.63, 3.8) is 0 Å². The predicted molar refractivity (Wildman–Crippen MR) is 74.6 cm³/mol. The van der Waals surface area contributed by atoms with Gasteiger partial charge in [0.1, 0.15) is 0 Å². The summed E-state index contributed by atoms with van der Waals surface area (Å²) in [6.45, 7) is 4.64. The zero-order valence-electron chi connectivity index (χ0n) is 11.2. The lowest BCUT2D eigenvalue weighted by Gasteiger charge is -2.06. The van der Waals surface area contributed by atoms with E-state index in [1.54, 1.807) is 0 Å². The van der Waals surface area contributed by atoms with E-state index in [1.165, 1.54) is 11.8 Å². The molecule has 0 saturated carbocycles. The number of nitrogens with one attached hydrogen (secondary N) is 2. The van der Waals surface area contributed by atoms with Gasteiger partial charge in [0.25, 0.3) is 0 Å². The average Bonchev–Trinajstić information content (AvgIpc) is 2.76. The molecule has 0 fully saturated rings. The summed E-state index contributed by atoms with van der Waals surface area (Å²) in [7, 11) is 0. The smallest absolute Gasteiger partial charge is 0.230 e. The molecule has 4 nitrogen and oxygen atoms in total. The van der Waals surface area contributed by atoms with Crippen molar-refractivity contribution >= 4 is 28.7 Å². The number of fused-ring (bicyclic) bond motifs is 1. The maximum atomic E-state index is 13.1. The van der Waals surface area contributed by atoms with Crippen molar-refractivity contribution in [1.29, 1.82) is 0 Å². The number of nitrogens with zero attached hydrogens (tertiary/aromatic N) is 1. The number of carbonyl (C=O) groups is 1. The number of amides is 1. The van der Waals surface area contributed by atoms with Crippen molar-refractivity contribution in [3.8, 4) is 0 Å². The molecule has 0 aliphatic rings. The number of aromatic nitrogens is 2. The van der Waals surface area contributed by atoms with Crippen molar-refractivity contribution in [2.75, 3.05) is 12.3 Å². The molecule has 0 unspecified atom stereocenters. The van der Waals surface area contributed by atoms with Crippen LogP contribution < -0.4 is 5.32 Å². The Hall–Kier alpha value is -1.63. The normalized spacial score (nSPS) is 11.2. The Kier molecular flexibility index (Phi) is 4.59. The molecule has 1 heterocycles. The number of aromatic amines is 1. The number of benzene rings is 1. The first-order valence-electron chi connectivity index (χ1n) is 6.20. The van der Waals surface area contributed by atoms with E-state index in [0.717, 1.165) is 12.1 Å². The fourth-order valence-electron chi connectivity index (χ4n) is 1.55. The van der Waals surface area contributed by atoms with Crippen LogP contribution in [0.25, 0.3) is 11.0 Å². The number of carbonyl (C=O) groups excluding carboxylic acids is 1. The summed E-state index contributed by atoms with van der Waals surface area (Å²) in [4.78, 5) is 18.5. The number of imidazole rings is 1. The van der Waals surface area contributed by atoms with E-state index >= 15 is 0 Å². The van der Waals surface area contributed by atoms with Crippen LogP contribution >= 0.6 is 11.8 Å². The maximum Gasteiger partial charge on any atom is 0.230 e. The zero-order valence-corrected chi connectivity index (χ0v) is 12.0. The molecule has 0 radical (unpaired) electrons. The number of thioether (sulfide) groups is 1. The van der Waals surface area contributed by atoms with Crippen LogP contribution in [0.4, 0.5) is 8.78 Å². The summed E-state index contributed by atoms with van der Waals surface area (Å²) in [6, 6.07) is 2.09. The van der Waals surface area contributed by atoms with E-state index in [0.29, 0.717) is 28.7 Å². The molecule has 7 heteroatoms. The second kappa shape index (κ2) is 6.21. The lowest BCUT2D eigenvalue weighted by atomic mass is 10.2. The number of halogens is 2. The first-order chi connectivity index (χ1) is 9.45. The molecule has 1 amide bonds. The van der Waals surface area contributed by atoms with Crippen LogP contribution in [0.3, 0.4) is 0 Å². The summed E-state index contributed by atoms with van der Waals surface area (Å²) < 4.78 is 26.1. The topological polar surface area (TPSA) is 57.8 Å². The molecule has 0 saturated heterocycles. The fraction of sp³-hybridized carbons (Fsp3) is 0.385. The van der Waals surface area contributed by atoms with Crippen molar-refractivity contribution < 1.29 is 13.6 Å². The van der Waals surface area contributed by atoms with E-state index in [4.69, 9.17) is 0 Å². The van der Waals surface area contributed by atoms with Crippen LogP contribution in [0.1, 0.15) is 13.8 Å². The minimum absolute atomic E-state index is 0.0958. The summed E-state index contributed by atoms with van der Waals surface area (Å²) >= 11 is 1.19. The van der Waals surface area contributed by atoms with Crippen molar-refractivity contribution in [2.45, 2.75) is 19.0 Å². The number of H-pyrrole nitrogens is 1. The maximum absolute atomic E-state index is 13.1. The van der Waals surface area contributed by atoms with Gasteiger partial charge in [0.05, 0.1) is 16.8 Å². The highest BCUT2D eigenvalue weighted by Gasteiger charge is 2.10. The Morgan fingerprint density at radius 2 is 2.10 bits per heavy atom. The summed E-state index contributed by atoms with van der Waals surface area (Å²) in [6.07, 6.45) is 0. The summed E-state index contributed by atoms with van der Waals surface area (Å²) in [5.74, 6) is -1.36. The Bertz CT molecular complexity index is 588. The van der Waals surface area contributed by atoms with Crippen molar-refractivity contribution in [3.05, 3.63) is 23.8 Å². The van der Waals surface area contributed by atoms with Crippen LogP contribution in [-0.2, 0) is 4.79 Å². The van der Waals surface area contributed by atoms with Gasteiger partial charge in [0.15, 0.2) is 16.8 Å². The van der Waals surface area contributed by atoms with Gasteiger partial charge in [0, 0.05) is 18.7 Å². The molecule has 1 aromatic heterocycles. The monoisotopic (exact) mass is 299 g/mol. The molecule has 0 bridgehead atoms. The first-order valence-corrected chi connectivity index (χ1v) is 7.18. The Morgan fingerprint density at radius 1 is 1.40 bits per heavy atom. The number of rotatable bonds is 5. The Balaban J connectivity index is 1.98. The van der Waals surface area contributed by atoms with Gasteiger partial charge < -0.3 is 10.3 Å². The quantitative estimate of drug-likeness (QED) is 0.835. The Labute approximate surface area is 119 Å². The average molecular weight is 299 g/mol. The molecule has 20 heavy (non-hydrogen) atoms. The molecule has 1 aromatic carbocycles. The van der Waals surface area contributed by atoms with Crippen LogP contribution in [0.5, 0.6) is 0 Å². The molecule has 2 rings (SSSR count). The third kappa shape index (κ3) is 3.69. The molecule has 0 aliphatic heterocycles. The van der Waals surface area contributed by atoms with E-state index < -0.39 is 11.6 Å². The van der Waals surface area contributed by atoms with Gasteiger partial charge in [-0.05, 0) is 5.92 Å². The molecular weight excluding hydrogens is 284 g/mol. The fourth-order valence-corrected chi connectivity index (χ4v) is 2.27. The van der Waals surface area contributed by atoms with Crippen LogP contribution in [0.2, 0.25) is 0 Å². The van der Waals surface area contributed by atoms with Gasteiger partial charge in [-0.3, -0.25) is 4.79 Å². The molecular formula is C13H15F2N3OS. The highest BCUT2D eigenvalue weighted by Crippen LogP contribution is 2.21. The molecule has 2 N–H and O–H groups in total. The van der Waals surface area contributed by atoms with Gasteiger partial charge >= 0.3 is 0 Å². The van der Waals surface area contributed by atoms with Crippen LogP contribution in [-0.4, -0.2) is 28.2 Å². The lowest BCUT2D eigenvalue weighted by molar-refractivity contribution is -0.118. The second-order valence-electron chi connectivity index (χ2n) is 4.81. The van der Waals surface area contributed by atoms with Crippen molar-refractivity contribution in [2.24, 2.45) is 5.92 Å². The standard InChI is InChI=1S/C13H15F2N3OS/c1-7(2)5-16-12(19)6-20-13-17-10-3-8(14)9(15)4-11(10)18-13/h3-4,7H,5-6H2,1-2H3,(H,16,19)(H,17,18). The third-order valence-electron chi connectivity index (χ3n) is 2.55. The molecule has 2 aromatic rings. The SMILES string of the molecule is CC(C)CNC(=O)CSc1nc2cc(F)c(F)cc2[nH]1. The van der Waals surface area contributed by atoms with Gasteiger partial charge in [-0.25, -0.2) is 13.8 Å². The van der Waals surface area contributed by atoms with E-state index in [9.17, 15) is 13.6 Å². The minimum atomic E-state index is -0.935. The first kappa shape index (κ1) is 14.8. The van der Waals surface area contributed by atoms with Crippen LogP contribution in [0.15, 0.2) is 17.3 Å². The van der Waals surface area contributed by atoms with Gasteiger partial charge in [-0.1, -0.05) is 25.6 Å². The highest BCUT2D eigenvalue weighted by atomic mass is 32.2. The molecule has 0 atom stereocenters. The second-order valence-corrected chi connectivity index (χ2v) is 5.78. The van der Waals surface area contributed by atoms with Crippen molar-refractivity contribution in [1.82, 2.24) is 15.3 Å². The highest BCUT2D eigenvalue weighted by molar-refractivity contribution is 7.99. The number of hydrogen-bond donors (Lipinski definition) is 2. The van der Waals surface area contributed by atoms with Gasteiger partial charge in [-0.15, -0.1) is 0 Å². The molecule has 108 valence electrons. The van der Waals surface area contributed by atoms with Gasteiger partial charge in [-0.2, -0.15) is 0 Å². The molecule has 0 aliphatic carbocycles. The largest absolute Gasteiger partial charge is 0.355 e. The van der Waals surface area contributed by atoms with Gasteiger partial charge in [0.2, 0.25) is 5.91 Å². The van der Waals surface area contributed by atoms with Crippen LogP contribution in [0, 0.1) is 17.6 Å². The minimum Gasteiger partial charge on any atom is -0.355 e. The number of hydrogen-bond acceptors (Lipinski definition) is 3. The van der Waals surface area contributed by atoms with E-state index in [-0.39, 0.29) is 11.7 Å². The lowest BCUT2D eigenvalue weighted by Crippen LogP contribution is -2.28. The Morgan fingerprint density at radius 3 is 2.80 bits per heavy atom. The summed E-state index contributed by atoms with van der Waals surface area (Å²) in [5, 5.41) is 3.25.